The van der Waals surface area contributed by atoms with Gasteiger partial charge >= 0.3 is 6.03 Å². The van der Waals surface area contributed by atoms with Crippen LogP contribution in [0.2, 0.25) is 5.02 Å². The molecule has 2 atom stereocenters. The van der Waals surface area contributed by atoms with Gasteiger partial charge in [-0.05, 0) is 55.5 Å². The third kappa shape index (κ3) is 5.85. The molecule has 0 aromatic heterocycles. The van der Waals surface area contributed by atoms with Gasteiger partial charge in [0.1, 0.15) is 0 Å². The number of nitrogens with one attached hydrogen (secondary N) is 2. The first-order valence-electron chi connectivity index (χ1n) is 8.05. The minimum absolute atomic E-state index is 0.164. The first-order valence-corrected chi connectivity index (χ1v) is 8.43. The molecule has 0 saturated carbocycles. The van der Waals surface area contributed by atoms with Gasteiger partial charge in [-0.2, -0.15) is 0 Å². The molecule has 2 rings (SSSR count). The molecule has 1 fully saturated rings. The van der Waals surface area contributed by atoms with Crippen molar-refractivity contribution in [2.24, 2.45) is 11.8 Å². The number of carbonyl (C=O) groups excluding carboxylic acids is 1. The maximum atomic E-state index is 11.8. The van der Waals surface area contributed by atoms with Crippen LogP contribution in [0.25, 0.3) is 0 Å². The molecule has 0 unspecified atom stereocenters. The molecule has 1 aliphatic rings. The minimum Gasteiger partial charge on any atom is -0.338 e. The highest BCUT2D eigenvalue weighted by molar-refractivity contribution is 6.30. The molecule has 1 heterocycles. The van der Waals surface area contributed by atoms with Crippen LogP contribution in [0, 0.1) is 11.8 Å². The summed E-state index contributed by atoms with van der Waals surface area (Å²) < 4.78 is 0. The summed E-state index contributed by atoms with van der Waals surface area (Å²) in [5, 5.41) is 6.36. The van der Waals surface area contributed by atoms with E-state index in [1.807, 2.05) is 0 Å². The van der Waals surface area contributed by atoms with Crippen molar-refractivity contribution in [1.82, 2.24) is 10.2 Å². The van der Waals surface area contributed by atoms with E-state index in [1.54, 1.807) is 24.3 Å². The average molecular weight is 324 g/mol. The molecule has 1 saturated heterocycles. The number of rotatable bonds is 5. The standard InChI is InChI=1S/C17H26ClN3O/c1-13-10-14(2)12-21(11-13)9-3-8-19-17(22)20-16-6-4-15(18)5-7-16/h4-7,13-14H,3,8-12H2,1-2H3,(H2,19,20,22)/t13-,14-/m1/s1. The van der Waals surface area contributed by atoms with E-state index < -0.39 is 0 Å². The second kappa shape index (κ2) is 8.39. The van der Waals surface area contributed by atoms with E-state index in [0.29, 0.717) is 11.6 Å². The van der Waals surface area contributed by atoms with E-state index in [1.165, 1.54) is 19.5 Å². The lowest BCUT2D eigenvalue weighted by Crippen LogP contribution is -2.40. The molecule has 2 N–H and O–H groups in total. The van der Waals surface area contributed by atoms with Crippen LogP contribution in [0.4, 0.5) is 10.5 Å². The topological polar surface area (TPSA) is 44.4 Å². The van der Waals surface area contributed by atoms with Gasteiger partial charge in [-0.1, -0.05) is 25.4 Å². The van der Waals surface area contributed by atoms with Crippen LogP contribution < -0.4 is 10.6 Å². The van der Waals surface area contributed by atoms with E-state index in [4.69, 9.17) is 11.6 Å². The smallest absolute Gasteiger partial charge is 0.319 e. The van der Waals surface area contributed by atoms with Crippen LogP contribution in [0.5, 0.6) is 0 Å². The van der Waals surface area contributed by atoms with Gasteiger partial charge in [-0.3, -0.25) is 0 Å². The highest BCUT2D eigenvalue weighted by Crippen LogP contribution is 2.20. The maximum absolute atomic E-state index is 11.8. The SMILES string of the molecule is C[C@@H]1C[C@@H](C)CN(CCCNC(=O)Nc2ccc(Cl)cc2)C1. The molecule has 0 spiro atoms. The largest absolute Gasteiger partial charge is 0.338 e. The zero-order valence-electron chi connectivity index (χ0n) is 13.4. The Kier molecular flexibility index (Phi) is 6.52. The molecule has 22 heavy (non-hydrogen) atoms. The number of nitrogens with zero attached hydrogens (tertiary/aromatic N) is 1. The Morgan fingerprint density at radius 3 is 2.50 bits per heavy atom. The highest BCUT2D eigenvalue weighted by Gasteiger charge is 2.20. The van der Waals surface area contributed by atoms with Crippen LogP contribution in [0.3, 0.4) is 0 Å². The number of piperidine rings is 1. The molecule has 1 aliphatic heterocycles. The van der Waals surface area contributed by atoms with Crippen LogP contribution in [-0.4, -0.2) is 37.1 Å². The molecule has 1 aromatic rings. The van der Waals surface area contributed by atoms with Gasteiger partial charge in [0.15, 0.2) is 0 Å². The van der Waals surface area contributed by atoms with Crippen molar-refractivity contribution in [2.45, 2.75) is 26.7 Å². The lowest BCUT2D eigenvalue weighted by Gasteiger charge is -2.34. The Labute approximate surface area is 138 Å². The Morgan fingerprint density at radius 1 is 1.23 bits per heavy atom. The summed E-state index contributed by atoms with van der Waals surface area (Å²) in [5.74, 6) is 1.56. The number of likely N-dealkylation sites (tertiary alicyclic amines) is 1. The molecular formula is C17H26ClN3O. The second-order valence-electron chi connectivity index (χ2n) is 6.45. The summed E-state index contributed by atoms with van der Waals surface area (Å²) in [6, 6.07) is 6.94. The quantitative estimate of drug-likeness (QED) is 0.809. The summed E-state index contributed by atoms with van der Waals surface area (Å²) in [4.78, 5) is 14.3. The summed E-state index contributed by atoms with van der Waals surface area (Å²) >= 11 is 5.81. The van der Waals surface area contributed by atoms with E-state index in [9.17, 15) is 4.79 Å². The summed E-state index contributed by atoms with van der Waals surface area (Å²) in [6.45, 7) is 8.75. The molecule has 4 nitrogen and oxygen atoms in total. The van der Waals surface area contributed by atoms with Crippen molar-refractivity contribution in [3.63, 3.8) is 0 Å². The van der Waals surface area contributed by atoms with Crippen molar-refractivity contribution < 1.29 is 4.79 Å². The van der Waals surface area contributed by atoms with E-state index in [2.05, 4.69) is 29.4 Å². The molecule has 0 radical (unpaired) electrons. The lowest BCUT2D eigenvalue weighted by molar-refractivity contribution is 0.140. The summed E-state index contributed by atoms with van der Waals surface area (Å²) in [6.07, 6.45) is 2.31. The summed E-state index contributed by atoms with van der Waals surface area (Å²) in [5.41, 5.74) is 0.751. The lowest BCUT2D eigenvalue weighted by atomic mass is 9.92. The number of hydrogen-bond acceptors (Lipinski definition) is 2. The van der Waals surface area contributed by atoms with Gasteiger partial charge in [0, 0.05) is 30.3 Å². The normalized spacial score (nSPS) is 22.3. The van der Waals surface area contributed by atoms with Crippen molar-refractivity contribution in [3.05, 3.63) is 29.3 Å². The fourth-order valence-electron chi connectivity index (χ4n) is 3.19. The number of urea groups is 1. The number of amides is 2. The molecule has 5 heteroatoms. The molecule has 0 bridgehead atoms. The Morgan fingerprint density at radius 2 is 1.86 bits per heavy atom. The van der Waals surface area contributed by atoms with E-state index in [-0.39, 0.29) is 6.03 Å². The fraction of sp³-hybridized carbons (Fsp3) is 0.588. The first kappa shape index (κ1) is 17.1. The number of hydrogen-bond donors (Lipinski definition) is 2. The minimum atomic E-state index is -0.164. The van der Waals surface area contributed by atoms with Crippen LogP contribution in [0.15, 0.2) is 24.3 Å². The van der Waals surface area contributed by atoms with Gasteiger partial charge in [0.2, 0.25) is 0 Å². The molecule has 0 aliphatic carbocycles. The van der Waals surface area contributed by atoms with Crippen molar-refractivity contribution in [3.8, 4) is 0 Å². The van der Waals surface area contributed by atoms with E-state index in [0.717, 1.165) is 30.5 Å². The van der Waals surface area contributed by atoms with Gasteiger partial charge < -0.3 is 15.5 Å². The Balaban J connectivity index is 1.62. The molecule has 1 aromatic carbocycles. The molecule has 122 valence electrons. The van der Waals surface area contributed by atoms with Gasteiger partial charge in [0.25, 0.3) is 0 Å². The third-order valence-electron chi connectivity index (χ3n) is 3.98. The van der Waals surface area contributed by atoms with Crippen LogP contribution >= 0.6 is 11.6 Å². The fourth-order valence-corrected chi connectivity index (χ4v) is 3.31. The van der Waals surface area contributed by atoms with E-state index >= 15 is 0 Å². The predicted octanol–water partition coefficient (Wildman–Crippen LogP) is 3.83. The third-order valence-corrected chi connectivity index (χ3v) is 4.24. The van der Waals surface area contributed by atoms with Crippen molar-refractivity contribution >= 4 is 23.3 Å². The number of carbonyl (C=O) groups is 1. The average Bonchev–Trinajstić information content (AvgIpc) is 2.45. The van der Waals surface area contributed by atoms with Crippen molar-refractivity contribution in [2.75, 3.05) is 31.5 Å². The van der Waals surface area contributed by atoms with Crippen molar-refractivity contribution in [1.29, 1.82) is 0 Å². The van der Waals surface area contributed by atoms with Gasteiger partial charge in [-0.25, -0.2) is 4.79 Å². The number of anilines is 1. The number of halogens is 1. The Bertz CT molecular complexity index is 467. The van der Waals surface area contributed by atoms with Gasteiger partial charge in [-0.15, -0.1) is 0 Å². The van der Waals surface area contributed by atoms with Gasteiger partial charge in [0.05, 0.1) is 0 Å². The maximum Gasteiger partial charge on any atom is 0.319 e. The van der Waals surface area contributed by atoms with Crippen LogP contribution in [0.1, 0.15) is 26.7 Å². The predicted molar refractivity (Wildman–Crippen MR) is 92.5 cm³/mol. The molecule has 2 amide bonds. The first-order chi connectivity index (χ1) is 10.5. The zero-order chi connectivity index (χ0) is 15.9. The summed E-state index contributed by atoms with van der Waals surface area (Å²) in [7, 11) is 0. The second-order valence-corrected chi connectivity index (χ2v) is 6.88. The Hall–Kier alpha value is -1.26. The highest BCUT2D eigenvalue weighted by atomic mass is 35.5. The molecular weight excluding hydrogens is 298 g/mol. The number of benzene rings is 1. The zero-order valence-corrected chi connectivity index (χ0v) is 14.2. The van der Waals surface area contributed by atoms with Crippen LogP contribution in [-0.2, 0) is 0 Å². The monoisotopic (exact) mass is 323 g/mol.